The van der Waals surface area contributed by atoms with E-state index in [-0.39, 0.29) is 23.3 Å². The van der Waals surface area contributed by atoms with Crippen LogP contribution in [0.25, 0.3) is 0 Å². The fraction of sp³-hybridized carbons (Fsp3) is 0.857. The molecule has 0 aliphatic carbocycles. The van der Waals surface area contributed by atoms with Gasteiger partial charge in [-0.3, -0.25) is 9.35 Å². The molecule has 0 saturated heterocycles. The van der Waals surface area contributed by atoms with E-state index >= 15 is 0 Å². The first kappa shape index (κ1) is 13.7. The number of rotatable bonds is 7. The van der Waals surface area contributed by atoms with Crippen LogP contribution in [0.1, 0.15) is 19.8 Å². The monoisotopic (exact) mass is 241 g/mol. The summed E-state index contributed by atoms with van der Waals surface area (Å²) < 4.78 is 29.1. The van der Waals surface area contributed by atoms with Gasteiger partial charge in [0.15, 0.2) is 0 Å². The molecule has 0 aliphatic rings. The highest BCUT2D eigenvalue weighted by atomic mass is 32.2. The van der Waals surface area contributed by atoms with E-state index in [1.54, 1.807) is 0 Å². The highest BCUT2D eigenvalue weighted by molar-refractivity contribution is 7.99. The lowest BCUT2D eigenvalue weighted by atomic mass is 10.3. The molecule has 7 heteroatoms. The summed E-state index contributed by atoms with van der Waals surface area (Å²) in [6.45, 7) is 1.85. The quantitative estimate of drug-likeness (QED) is 0.492. The zero-order valence-electron chi connectivity index (χ0n) is 7.97. The lowest BCUT2D eigenvalue weighted by Crippen LogP contribution is -2.16. The average molecular weight is 241 g/mol. The molecular formula is C7H15NO4S2. The molecule has 0 spiro atoms. The minimum atomic E-state index is -3.85. The summed E-state index contributed by atoms with van der Waals surface area (Å²) in [5.74, 6) is -0.00266. The second-order valence-corrected chi connectivity index (χ2v) is 6.11. The standard InChI is InChI=1S/C7H15NO4S2/c1-6(5-7(8)9)13-3-2-4-14(10,11)12/h6H,2-5H2,1H3,(H2,8,9)(H,10,11,12). The van der Waals surface area contributed by atoms with Crippen molar-refractivity contribution in [2.75, 3.05) is 11.5 Å². The minimum absolute atomic E-state index is 0.0916. The number of primary amides is 1. The SMILES string of the molecule is CC(CC(N)=O)SCCCS(=O)(=O)O. The van der Waals surface area contributed by atoms with Crippen LogP contribution in [0.5, 0.6) is 0 Å². The van der Waals surface area contributed by atoms with Gasteiger partial charge in [0.1, 0.15) is 0 Å². The highest BCUT2D eigenvalue weighted by Crippen LogP contribution is 2.14. The molecule has 0 aliphatic heterocycles. The fourth-order valence-corrected chi connectivity index (χ4v) is 2.56. The topological polar surface area (TPSA) is 97.5 Å². The van der Waals surface area contributed by atoms with Crippen LogP contribution in [-0.4, -0.2) is 35.6 Å². The Morgan fingerprint density at radius 2 is 2.14 bits per heavy atom. The number of hydrogen-bond donors (Lipinski definition) is 2. The number of hydrogen-bond acceptors (Lipinski definition) is 4. The number of amides is 1. The molecule has 0 aromatic heterocycles. The molecule has 1 unspecified atom stereocenters. The van der Waals surface area contributed by atoms with Crippen LogP contribution in [0.2, 0.25) is 0 Å². The highest BCUT2D eigenvalue weighted by Gasteiger charge is 2.08. The molecule has 1 atom stereocenters. The van der Waals surface area contributed by atoms with Gasteiger partial charge in [-0.2, -0.15) is 20.2 Å². The summed E-state index contributed by atoms with van der Waals surface area (Å²) in [4.78, 5) is 10.5. The molecule has 0 aromatic rings. The van der Waals surface area contributed by atoms with Crippen LogP contribution < -0.4 is 5.73 Å². The summed E-state index contributed by atoms with van der Waals surface area (Å²) in [6, 6.07) is 0. The van der Waals surface area contributed by atoms with Crippen molar-refractivity contribution in [3.8, 4) is 0 Å². The van der Waals surface area contributed by atoms with E-state index in [1.807, 2.05) is 6.92 Å². The number of carbonyl (C=O) groups is 1. The van der Waals surface area contributed by atoms with Crippen molar-refractivity contribution < 1.29 is 17.8 Å². The number of carbonyl (C=O) groups excluding carboxylic acids is 1. The molecule has 1 amide bonds. The van der Waals surface area contributed by atoms with Gasteiger partial charge in [-0.05, 0) is 12.2 Å². The van der Waals surface area contributed by atoms with Gasteiger partial charge in [-0.1, -0.05) is 6.92 Å². The Morgan fingerprint density at radius 3 is 2.57 bits per heavy atom. The zero-order chi connectivity index (χ0) is 11.2. The number of thioether (sulfide) groups is 1. The van der Waals surface area contributed by atoms with Gasteiger partial charge in [0.05, 0.1) is 5.75 Å². The van der Waals surface area contributed by atoms with Gasteiger partial charge in [-0.15, -0.1) is 0 Å². The van der Waals surface area contributed by atoms with E-state index in [1.165, 1.54) is 11.8 Å². The largest absolute Gasteiger partial charge is 0.370 e. The fourth-order valence-electron chi connectivity index (χ4n) is 0.868. The summed E-state index contributed by atoms with van der Waals surface area (Å²) >= 11 is 1.47. The van der Waals surface area contributed by atoms with Gasteiger partial charge in [0.25, 0.3) is 10.1 Å². The smallest absolute Gasteiger partial charge is 0.264 e. The second kappa shape index (κ2) is 6.26. The predicted octanol–water partition coefficient (Wildman–Crippen LogP) is 0.261. The Morgan fingerprint density at radius 1 is 1.57 bits per heavy atom. The maximum Gasteiger partial charge on any atom is 0.264 e. The Bertz CT molecular complexity index is 275. The molecule has 0 bridgehead atoms. The van der Waals surface area contributed by atoms with E-state index in [0.717, 1.165) is 0 Å². The molecule has 0 rings (SSSR count). The van der Waals surface area contributed by atoms with Crippen molar-refractivity contribution >= 4 is 27.8 Å². The van der Waals surface area contributed by atoms with Gasteiger partial charge in [-0.25, -0.2) is 0 Å². The van der Waals surface area contributed by atoms with Crippen molar-refractivity contribution in [3.63, 3.8) is 0 Å². The molecule has 0 fully saturated rings. The zero-order valence-corrected chi connectivity index (χ0v) is 9.60. The van der Waals surface area contributed by atoms with Crippen molar-refractivity contribution in [1.29, 1.82) is 0 Å². The molecule has 3 N–H and O–H groups in total. The van der Waals surface area contributed by atoms with E-state index in [2.05, 4.69) is 0 Å². The van der Waals surface area contributed by atoms with Gasteiger partial charge >= 0.3 is 0 Å². The van der Waals surface area contributed by atoms with Crippen LogP contribution >= 0.6 is 11.8 Å². The van der Waals surface area contributed by atoms with Crippen molar-refractivity contribution in [2.45, 2.75) is 25.0 Å². The third-order valence-electron chi connectivity index (χ3n) is 1.44. The van der Waals surface area contributed by atoms with Crippen LogP contribution in [0.4, 0.5) is 0 Å². The van der Waals surface area contributed by atoms with Gasteiger partial charge < -0.3 is 5.73 Å². The Balaban J connectivity index is 3.50. The summed E-state index contributed by atoms with van der Waals surface area (Å²) in [6.07, 6.45) is 0.670. The molecule has 0 radical (unpaired) electrons. The van der Waals surface area contributed by atoms with Crippen LogP contribution in [0, 0.1) is 0 Å². The molecule has 0 saturated carbocycles. The Labute approximate surface area is 88.2 Å². The van der Waals surface area contributed by atoms with Crippen molar-refractivity contribution in [3.05, 3.63) is 0 Å². The summed E-state index contributed by atoms with van der Waals surface area (Å²) in [5.41, 5.74) is 4.98. The van der Waals surface area contributed by atoms with E-state index < -0.39 is 10.1 Å². The first-order valence-corrected chi connectivity index (χ1v) is 6.82. The average Bonchev–Trinajstić information content (AvgIpc) is 1.95. The lowest BCUT2D eigenvalue weighted by Gasteiger charge is -2.07. The van der Waals surface area contributed by atoms with Crippen molar-refractivity contribution in [1.82, 2.24) is 0 Å². The lowest BCUT2D eigenvalue weighted by molar-refractivity contribution is -0.117. The van der Waals surface area contributed by atoms with Crippen molar-refractivity contribution in [2.24, 2.45) is 5.73 Å². The molecule has 0 heterocycles. The van der Waals surface area contributed by atoms with Crippen LogP contribution in [0.15, 0.2) is 0 Å². The van der Waals surface area contributed by atoms with E-state index in [4.69, 9.17) is 10.3 Å². The van der Waals surface area contributed by atoms with Crippen LogP contribution in [-0.2, 0) is 14.9 Å². The molecule has 5 nitrogen and oxygen atoms in total. The maximum absolute atomic E-state index is 10.5. The Hall–Kier alpha value is -0.270. The van der Waals surface area contributed by atoms with E-state index in [0.29, 0.717) is 12.2 Å². The third-order valence-corrected chi connectivity index (χ3v) is 3.50. The molecule has 14 heavy (non-hydrogen) atoms. The maximum atomic E-state index is 10.5. The predicted molar refractivity (Wildman–Crippen MR) is 56.8 cm³/mol. The molecular weight excluding hydrogens is 226 g/mol. The van der Waals surface area contributed by atoms with E-state index in [9.17, 15) is 13.2 Å². The second-order valence-electron chi connectivity index (χ2n) is 2.99. The minimum Gasteiger partial charge on any atom is -0.370 e. The first-order chi connectivity index (χ1) is 6.31. The van der Waals surface area contributed by atoms with Gasteiger partial charge in [0, 0.05) is 11.7 Å². The molecule has 0 aromatic carbocycles. The number of nitrogens with two attached hydrogens (primary N) is 1. The third kappa shape index (κ3) is 9.82. The first-order valence-electron chi connectivity index (χ1n) is 4.16. The van der Waals surface area contributed by atoms with Gasteiger partial charge in [0.2, 0.25) is 5.91 Å². The normalized spacial score (nSPS) is 13.9. The summed E-state index contributed by atoms with van der Waals surface area (Å²) in [7, 11) is -3.85. The Kier molecular flexibility index (Phi) is 6.14. The molecule has 84 valence electrons. The summed E-state index contributed by atoms with van der Waals surface area (Å²) in [5, 5.41) is 0.0916. The van der Waals surface area contributed by atoms with Crippen LogP contribution in [0.3, 0.4) is 0 Å².